The molecule has 1 aromatic heterocycles. The van der Waals surface area contributed by atoms with Crippen LogP contribution in [0.4, 0.5) is 4.79 Å². The van der Waals surface area contributed by atoms with Gasteiger partial charge in [0.2, 0.25) is 0 Å². The highest BCUT2D eigenvalue weighted by Gasteiger charge is 2.19. The van der Waals surface area contributed by atoms with Crippen molar-refractivity contribution in [3.8, 4) is 0 Å². The van der Waals surface area contributed by atoms with Crippen molar-refractivity contribution in [2.24, 2.45) is 0 Å². The summed E-state index contributed by atoms with van der Waals surface area (Å²) in [7, 11) is 1.64. The molecule has 0 saturated carbocycles. The SMILES string of the molecule is CC[C@H](NC(=O)N(C)Cc1cccs1)C(=O)O. The van der Waals surface area contributed by atoms with Crippen LogP contribution in [0, 0.1) is 0 Å². The average Bonchev–Trinajstić information content (AvgIpc) is 2.77. The molecule has 2 amide bonds. The van der Waals surface area contributed by atoms with Gasteiger partial charge in [-0.2, -0.15) is 0 Å². The fourth-order valence-electron chi connectivity index (χ4n) is 1.31. The Morgan fingerprint density at radius 1 is 1.59 bits per heavy atom. The van der Waals surface area contributed by atoms with Crippen LogP contribution in [0.3, 0.4) is 0 Å². The molecule has 5 nitrogen and oxygen atoms in total. The molecule has 17 heavy (non-hydrogen) atoms. The second-order valence-electron chi connectivity index (χ2n) is 3.68. The molecule has 1 rings (SSSR count). The third kappa shape index (κ3) is 4.07. The number of nitrogens with zero attached hydrogens (tertiary/aromatic N) is 1. The van der Waals surface area contributed by atoms with Crippen LogP contribution in [0.5, 0.6) is 0 Å². The minimum atomic E-state index is -1.01. The summed E-state index contributed by atoms with van der Waals surface area (Å²) in [6.07, 6.45) is 0.369. The maximum Gasteiger partial charge on any atom is 0.326 e. The molecule has 0 bridgehead atoms. The lowest BCUT2D eigenvalue weighted by molar-refractivity contribution is -0.139. The number of carbonyl (C=O) groups excluding carboxylic acids is 1. The number of amides is 2. The van der Waals surface area contributed by atoms with Crippen molar-refractivity contribution >= 4 is 23.3 Å². The van der Waals surface area contributed by atoms with Crippen LogP contribution in [-0.4, -0.2) is 35.1 Å². The maximum atomic E-state index is 11.7. The van der Waals surface area contributed by atoms with Gasteiger partial charge in [-0.1, -0.05) is 13.0 Å². The van der Waals surface area contributed by atoms with Gasteiger partial charge in [0.05, 0.1) is 6.54 Å². The first kappa shape index (κ1) is 13.5. The summed E-state index contributed by atoms with van der Waals surface area (Å²) in [5, 5.41) is 13.2. The third-order valence-electron chi connectivity index (χ3n) is 2.32. The Hall–Kier alpha value is -1.56. The van der Waals surface area contributed by atoms with E-state index in [1.54, 1.807) is 25.3 Å². The van der Waals surface area contributed by atoms with Gasteiger partial charge < -0.3 is 15.3 Å². The van der Waals surface area contributed by atoms with Crippen LogP contribution in [0.2, 0.25) is 0 Å². The number of rotatable bonds is 5. The van der Waals surface area contributed by atoms with Gasteiger partial charge in [0.1, 0.15) is 6.04 Å². The Balaban J connectivity index is 2.49. The minimum Gasteiger partial charge on any atom is -0.480 e. The standard InChI is InChI=1S/C11H16N2O3S/c1-3-9(10(14)15)12-11(16)13(2)7-8-5-4-6-17-8/h4-6,9H,3,7H2,1-2H3,(H,12,16)(H,14,15)/t9-/m0/s1. The number of hydrogen-bond acceptors (Lipinski definition) is 3. The molecule has 1 aromatic rings. The highest BCUT2D eigenvalue weighted by Crippen LogP contribution is 2.10. The molecule has 0 aliphatic carbocycles. The van der Waals surface area contributed by atoms with E-state index in [1.165, 1.54) is 4.90 Å². The molecule has 1 heterocycles. The van der Waals surface area contributed by atoms with Crippen LogP contribution in [0.1, 0.15) is 18.2 Å². The molecule has 0 aliphatic heterocycles. The summed E-state index contributed by atoms with van der Waals surface area (Å²) in [6.45, 7) is 2.21. The van der Waals surface area contributed by atoms with Gasteiger partial charge in [-0.15, -0.1) is 11.3 Å². The normalized spacial score (nSPS) is 11.9. The van der Waals surface area contributed by atoms with Gasteiger partial charge in [-0.25, -0.2) is 9.59 Å². The first-order valence-electron chi connectivity index (χ1n) is 5.31. The molecule has 1 atom stereocenters. The summed E-state index contributed by atoms with van der Waals surface area (Å²) >= 11 is 1.56. The van der Waals surface area contributed by atoms with Crippen molar-refractivity contribution in [3.05, 3.63) is 22.4 Å². The van der Waals surface area contributed by atoms with E-state index in [0.717, 1.165) is 4.88 Å². The first-order chi connectivity index (χ1) is 8.04. The van der Waals surface area contributed by atoms with Crippen LogP contribution in [0.25, 0.3) is 0 Å². The Bertz CT molecular complexity index is 378. The molecular weight excluding hydrogens is 240 g/mol. The van der Waals surface area contributed by atoms with Gasteiger partial charge in [-0.05, 0) is 17.9 Å². The van der Waals surface area contributed by atoms with Gasteiger partial charge >= 0.3 is 12.0 Å². The Morgan fingerprint density at radius 3 is 2.76 bits per heavy atom. The quantitative estimate of drug-likeness (QED) is 0.843. The number of urea groups is 1. The summed E-state index contributed by atoms with van der Waals surface area (Å²) in [5.41, 5.74) is 0. The van der Waals surface area contributed by atoms with Crippen molar-refractivity contribution in [2.45, 2.75) is 25.9 Å². The van der Waals surface area contributed by atoms with E-state index in [-0.39, 0.29) is 6.03 Å². The largest absolute Gasteiger partial charge is 0.480 e. The van der Waals surface area contributed by atoms with Gasteiger partial charge in [-0.3, -0.25) is 0 Å². The summed E-state index contributed by atoms with van der Waals surface area (Å²) in [5.74, 6) is -1.01. The van der Waals surface area contributed by atoms with Crippen LogP contribution < -0.4 is 5.32 Å². The molecule has 0 unspecified atom stereocenters. The zero-order chi connectivity index (χ0) is 12.8. The highest BCUT2D eigenvalue weighted by atomic mass is 32.1. The van der Waals surface area contributed by atoms with Gasteiger partial charge in [0.25, 0.3) is 0 Å². The number of carboxylic acids is 1. The van der Waals surface area contributed by atoms with Crippen LogP contribution >= 0.6 is 11.3 Å². The average molecular weight is 256 g/mol. The van der Waals surface area contributed by atoms with Crippen molar-refractivity contribution in [3.63, 3.8) is 0 Å². The molecule has 2 N–H and O–H groups in total. The van der Waals surface area contributed by atoms with Crippen LogP contribution in [-0.2, 0) is 11.3 Å². The number of thiophene rings is 1. The lowest BCUT2D eigenvalue weighted by Crippen LogP contribution is -2.46. The van der Waals surface area contributed by atoms with E-state index in [4.69, 9.17) is 5.11 Å². The Morgan fingerprint density at radius 2 is 2.29 bits per heavy atom. The molecule has 0 radical (unpaired) electrons. The van der Waals surface area contributed by atoms with E-state index < -0.39 is 12.0 Å². The summed E-state index contributed by atoms with van der Waals surface area (Å²) in [6, 6.07) is 2.65. The molecule has 6 heteroatoms. The third-order valence-corrected chi connectivity index (χ3v) is 3.19. The number of carboxylic acid groups (broad SMARTS) is 1. The lowest BCUT2D eigenvalue weighted by Gasteiger charge is -2.20. The predicted octanol–water partition coefficient (Wildman–Crippen LogP) is 1.75. The fourth-order valence-corrected chi connectivity index (χ4v) is 2.06. The van der Waals surface area contributed by atoms with E-state index in [9.17, 15) is 9.59 Å². The first-order valence-corrected chi connectivity index (χ1v) is 6.19. The zero-order valence-corrected chi connectivity index (χ0v) is 10.7. The van der Waals surface area contributed by atoms with E-state index in [0.29, 0.717) is 13.0 Å². The van der Waals surface area contributed by atoms with E-state index in [2.05, 4.69) is 5.32 Å². The zero-order valence-electron chi connectivity index (χ0n) is 9.84. The van der Waals surface area contributed by atoms with Gasteiger partial charge in [0, 0.05) is 11.9 Å². The minimum absolute atomic E-state index is 0.368. The van der Waals surface area contributed by atoms with E-state index >= 15 is 0 Å². The number of carbonyl (C=O) groups is 2. The highest BCUT2D eigenvalue weighted by molar-refractivity contribution is 7.09. The van der Waals surface area contributed by atoms with Crippen molar-refractivity contribution in [1.29, 1.82) is 0 Å². The number of aliphatic carboxylic acids is 1. The smallest absolute Gasteiger partial charge is 0.326 e. The van der Waals surface area contributed by atoms with Crippen molar-refractivity contribution < 1.29 is 14.7 Å². The predicted molar refractivity (Wildman–Crippen MR) is 66.0 cm³/mol. The van der Waals surface area contributed by atoms with Crippen molar-refractivity contribution in [1.82, 2.24) is 10.2 Å². The number of hydrogen-bond donors (Lipinski definition) is 2. The maximum absolute atomic E-state index is 11.7. The molecule has 94 valence electrons. The number of nitrogens with one attached hydrogen (secondary N) is 1. The topological polar surface area (TPSA) is 69.6 Å². The van der Waals surface area contributed by atoms with E-state index in [1.807, 2.05) is 17.5 Å². The second kappa shape index (κ2) is 6.24. The fraction of sp³-hybridized carbons (Fsp3) is 0.455. The monoisotopic (exact) mass is 256 g/mol. The molecular formula is C11H16N2O3S. The molecule has 0 saturated heterocycles. The lowest BCUT2D eigenvalue weighted by atomic mass is 10.2. The van der Waals surface area contributed by atoms with Crippen molar-refractivity contribution in [2.75, 3.05) is 7.05 Å². The molecule has 0 fully saturated rings. The summed E-state index contributed by atoms with van der Waals surface area (Å²) < 4.78 is 0. The second-order valence-corrected chi connectivity index (χ2v) is 4.72. The molecule has 0 aliphatic rings. The Kier molecular flexibility index (Phi) is 4.96. The van der Waals surface area contributed by atoms with Crippen LogP contribution in [0.15, 0.2) is 17.5 Å². The van der Waals surface area contributed by atoms with Gasteiger partial charge in [0.15, 0.2) is 0 Å². The Labute approximate surface area is 104 Å². The molecule has 0 spiro atoms. The summed E-state index contributed by atoms with van der Waals surface area (Å²) in [4.78, 5) is 25.0. The molecule has 0 aromatic carbocycles.